The lowest BCUT2D eigenvalue weighted by atomic mass is 10.4. The van der Waals surface area contributed by atoms with Crippen molar-refractivity contribution in [1.29, 1.82) is 0 Å². The Hall–Kier alpha value is -1.74. The Bertz CT molecular complexity index is 194. The second-order valence-electron chi connectivity index (χ2n) is 2.20. The molecule has 10 heteroatoms. The normalized spacial score (nSPS) is 6.85. The highest BCUT2D eigenvalue weighted by Gasteiger charge is 2.23. The summed E-state index contributed by atoms with van der Waals surface area (Å²) in [5, 5.41) is 0. The van der Waals surface area contributed by atoms with E-state index in [1.165, 1.54) is 0 Å². The molecule has 0 atom stereocenters. The molecule has 0 aliphatic carbocycles. The van der Waals surface area contributed by atoms with Crippen LogP contribution in [0.2, 0.25) is 0 Å². The van der Waals surface area contributed by atoms with Gasteiger partial charge in [-0.25, -0.2) is 8.78 Å². The van der Waals surface area contributed by atoms with Crippen LogP contribution >= 0.6 is 0 Å². The van der Waals surface area contributed by atoms with Gasteiger partial charge < -0.3 is 9.59 Å². The summed E-state index contributed by atoms with van der Waals surface area (Å²) in [6, 6.07) is 0. The maximum Gasteiger partial charge on any atom is 0.294 e. The minimum absolute atomic E-state index is 0. The van der Waals surface area contributed by atoms with Gasteiger partial charge in [0.25, 0.3) is 11.8 Å². The van der Waals surface area contributed by atoms with Crippen molar-refractivity contribution in [3.63, 3.8) is 0 Å². The molecule has 168 valence electrons. The number of carbonyl (C=O) groups is 2. The molecule has 0 heterocycles. The van der Waals surface area contributed by atoms with E-state index in [-0.39, 0.29) is 41.9 Å². The summed E-state index contributed by atoms with van der Waals surface area (Å²) in [6.07, 6.45) is 0.569. The number of rotatable bonds is 4. The zero-order chi connectivity index (χ0) is 19.8. The molecular formula is C16H36F8O2. The Morgan fingerprint density at radius 2 is 0.731 bits per heavy atom. The van der Waals surface area contributed by atoms with Gasteiger partial charge in [-0.2, -0.15) is 17.6 Å². The number of alkyl halides is 8. The molecule has 0 saturated carbocycles. The van der Waals surface area contributed by atoms with Crippen LogP contribution < -0.4 is 0 Å². The third-order valence-electron chi connectivity index (χ3n) is 0.954. The van der Waals surface area contributed by atoms with Crippen LogP contribution in [0.3, 0.4) is 0 Å². The standard InChI is InChI=1S/2C4H5F3.2CH3F.2CH2O.4CH4/c2*1-2-4(6,7)3-5;4*1-2;;;;/h2*2H,1,3H2;2*1H3;2*1H2;4*1H4. The lowest BCUT2D eigenvalue weighted by Gasteiger charge is -2.01. The molecule has 0 rings (SSSR count). The van der Waals surface area contributed by atoms with Crippen LogP contribution in [0, 0.1) is 0 Å². The predicted molar refractivity (Wildman–Crippen MR) is 97.5 cm³/mol. The zero-order valence-electron chi connectivity index (χ0n) is 12.2. The predicted octanol–water partition coefficient (Wildman–Crippen LogP) is 6.90. The molecule has 0 bridgehead atoms. The molecule has 0 amide bonds. The highest BCUT2D eigenvalue weighted by atomic mass is 19.3. The fraction of sp³-hybridized carbons (Fsp3) is 0.625. The second kappa shape index (κ2) is 56.7. The van der Waals surface area contributed by atoms with Crippen molar-refractivity contribution in [2.45, 2.75) is 41.6 Å². The van der Waals surface area contributed by atoms with Crippen LogP contribution in [-0.4, -0.2) is 53.1 Å². The van der Waals surface area contributed by atoms with E-state index in [2.05, 4.69) is 13.2 Å². The van der Waals surface area contributed by atoms with Gasteiger partial charge in [0.05, 0.1) is 14.4 Å². The maximum absolute atomic E-state index is 11.4. The summed E-state index contributed by atoms with van der Waals surface area (Å²) in [5.74, 6) is -6.64. The largest absolute Gasteiger partial charge is 0.307 e. The van der Waals surface area contributed by atoms with Crippen LogP contribution in [0.15, 0.2) is 25.3 Å². The molecule has 0 aromatic rings. The summed E-state index contributed by atoms with van der Waals surface area (Å²) in [6.45, 7) is 6.11. The van der Waals surface area contributed by atoms with Gasteiger partial charge >= 0.3 is 0 Å². The lowest BCUT2D eigenvalue weighted by Crippen LogP contribution is -2.13. The SMILES string of the molecule is C.C.C.C.C=CC(F)(F)CF.C=CC(F)(F)CF.C=O.C=O.CF.CF. The van der Waals surface area contributed by atoms with Crippen molar-refractivity contribution < 1.29 is 44.7 Å². The van der Waals surface area contributed by atoms with Gasteiger partial charge in [0.1, 0.15) is 13.6 Å². The zero-order valence-corrected chi connectivity index (χ0v) is 12.2. The van der Waals surface area contributed by atoms with E-state index in [4.69, 9.17) is 9.59 Å². The molecule has 0 saturated heterocycles. The van der Waals surface area contributed by atoms with Crippen molar-refractivity contribution in [3.05, 3.63) is 25.3 Å². The van der Waals surface area contributed by atoms with Gasteiger partial charge in [0.15, 0.2) is 13.3 Å². The van der Waals surface area contributed by atoms with Crippen LogP contribution in [0.5, 0.6) is 0 Å². The number of carbonyl (C=O) groups excluding carboxylic acids is 2. The molecule has 0 radical (unpaired) electrons. The van der Waals surface area contributed by atoms with E-state index in [1.807, 2.05) is 13.6 Å². The first kappa shape index (κ1) is 64.5. The average Bonchev–Trinajstić information content (AvgIpc) is 2.62. The summed E-state index contributed by atoms with van der Waals surface area (Å²) < 4.78 is 86.5. The van der Waals surface area contributed by atoms with Gasteiger partial charge in [-0.05, 0) is 12.2 Å². The Morgan fingerprint density at radius 3 is 0.731 bits per heavy atom. The Morgan fingerprint density at radius 1 is 0.615 bits per heavy atom. The number of allylic oxidation sites excluding steroid dienone is 2. The van der Waals surface area contributed by atoms with E-state index in [0.29, 0.717) is 14.4 Å². The van der Waals surface area contributed by atoms with Gasteiger partial charge in [0.2, 0.25) is 0 Å². The molecule has 26 heavy (non-hydrogen) atoms. The third-order valence-corrected chi connectivity index (χ3v) is 0.954. The van der Waals surface area contributed by atoms with Gasteiger partial charge in [-0.3, -0.25) is 8.78 Å². The smallest absolute Gasteiger partial charge is 0.294 e. The minimum atomic E-state index is -3.32. The molecular weight excluding hydrogens is 376 g/mol. The van der Waals surface area contributed by atoms with Crippen molar-refractivity contribution >= 4 is 13.6 Å². The van der Waals surface area contributed by atoms with Crippen molar-refractivity contribution in [2.24, 2.45) is 0 Å². The quantitative estimate of drug-likeness (QED) is 0.372. The summed E-state index contributed by atoms with van der Waals surface area (Å²) in [5.41, 5.74) is 0. The van der Waals surface area contributed by atoms with E-state index < -0.39 is 25.2 Å². The van der Waals surface area contributed by atoms with E-state index >= 15 is 0 Å². The number of hydrogen-bond acceptors (Lipinski definition) is 2. The molecule has 0 unspecified atom stereocenters. The van der Waals surface area contributed by atoms with Gasteiger partial charge in [-0.15, -0.1) is 0 Å². The lowest BCUT2D eigenvalue weighted by molar-refractivity contribution is -0.0987. The topological polar surface area (TPSA) is 34.1 Å². The minimum Gasteiger partial charge on any atom is -0.307 e. The van der Waals surface area contributed by atoms with E-state index in [1.54, 1.807) is 0 Å². The van der Waals surface area contributed by atoms with Crippen molar-refractivity contribution in [1.82, 2.24) is 0 Å². The molecule has 0 spiro atoms. The van der Waals surface area contributed by atoms with Gasteiger partial charge in [0, 0.05) is 0 Å². The Kier molecular flexibility index (Phi) is 141. The number of halogens is 8. The average molecular weight is 412 g/mol. The number of hydrogen-bond donors (Lipinski definition) is 0. The van der Waals surface area contributed by atoms with Crippen LogP contribution in [0.4, 0.5) is 35.1 Å². The first-order valence-electron chi connectivity index (χ1n) is 4.72. The van der Waals surface area contributed by atoms with Gasteiger partial charge in [-0.1, -0.05) is 42.9 Å². The van der Waals surface area contributed by atoms with Crippen LogP contribution in [0.25, 0.3) is 0 Å². The molecule has 0 N–H and O–H groups in total. The summed E-state index contributed by atoms with van der Waals surface area (Å²) >= 11 is 0. The summed E-state index contributed by atoms with van der Waals surface area (Å²) in [7, 11) is 1.00. The highest BCUT2D eigenvalue weighted by molar-refractivity contribution is 5.11. The molecule has 0 aliphatic heterocycles. The Balaban J connectivity index is -0.0000000160. The van der Waals surface area contributed by atoms with Crippen molar-refractivity contribution in [3.8, 4) is 0 Å². The molecule has 2 nitrogen and oxygen atoms in total. The fourth-order valence-corrected chi connectivity index (χ4v) is 0.109. The first-order chi connectivity index (χ1) is 10.2. The monoisotopic (exact) mass is 412 g/mol. The molecule has 0 fully saturated rings. The fourth-order valence-electron chi connectivity index (χ4n) is 0.109. The molecule has 0 aromatic heterocycles. The van der Waals surface area contributed by atoms with E-state index in [9.17, 15) is 35.1 Å². The Labute approximate surface area is 154 Å². The summed E-state index contributed by atoms with van der Waals surface area (Å²) in [4.78, 5) is 16.0. The van der Waals surface area contributed by atoms with Crippen LogP contribution in [-0.2, 0) is 9.59 Å². The molecule has 0 aromatic carbocycles. The van der Waals surface area contributed by atoms with E-state index in [0.717, 1.165) is 0 Å². The van der Waals surface area contributed by atoms with Crippen LogP contribution in [0.1, 0.15) is 29.7 Å². The third kappa shape index (κ3) is 95.6. The first-order valence-corrected chi connectivity index (χ1v) is 4.72. The highest BCUT2D eigenvalue weighted by Crippen LogP contribution is 2.13. The van der Waals surface area contributed by atoms with Crippen molar-refractivity contribution in [2.75, 3.05) is 27.7 Å². The second-order valence-corrected chi connectivity index (χ2v) is 2.20. The molecule has 0 aliphatic rings. The maximum atomic E-state index is 11.4.